The predicted octanol–water partition coefficient (Wildman–Crippen LogP) is 4.88. The highest BCUT2D eigenvalue weighted by Gasteiger charge is 2.15. The molecule has 24 heavy (non-hydrogen) atoms. The zero-order valence-electron chi connectivity index (χ0n) is 13.3. The third-order valence-electron chi connectivity index (χ3n) is 3.82. The van der Waals surface area contributed by atoms with E-state index in [0.29, 0.717) is 0 Å². The molecule has 0 aliphatic rings. The minimum atomic E-state index is 0.0948. The number of para-hydroxylation sites is 1. The number of hydrogen-bond donors (Lipinski definition) is 0. The molecule has 0 aliphatic carbocycles. The Morgan fingerprint density at radius 3 is 2.08 bits per heavy atom. The summed E-state index contributed by atoms with van der Waals surface area (Å²) >= 11 is 0. The summed E-state index contributed by atoms with van der Waals surface area (Å²) < 4.78 is 2.15. The van der Waals surface area contributed by atoms with Gasteiger partial charge < -0.3 is 4.57 Å². The molecule has 0 fully saturated rings. The van der Waals surface area contributed by atoms with Crippen molar-refractivity contribution >= 4 is 6.08 Å². The second kappa shape index (κ2) is 6.69. The Morgan fingerprint density at radius 2 is 1.50 bits per heavy atom. The number of nitriles is 2. The van der Waals surface area contributed by atoms with E-state index < -0.39 is 0 Å². The summed E-state index contributed by atoms with van der Waals surface area (Å²) in [5, 5.41) is 18.2. The number of hydrogen-bond acceptors (Lipinski definition) is 2. The second-order valence-electron chi connectivity index (χ2n) is 5.41. The molecule has 0 amide bonds. The molecule has 114 valence electrons. The van der Waals surface area contributed by atoms with E-state index in [1.807, 2.05) is 85.8 Å². The molecule has 2 aromatic carbocycles. The lowest BCUT2D eigenvalue weighted by molar-refractivity contribution is 1.02. The summed E-state index contributed by atoms with van der Waals surface area (Å²) in [5.74, 6) is 0. The van der Waals surface area contributed by atoms with Crippen LogP contribution in [0.25, 0.3) is 23.0 Å². The van der Waals surface area contributed by atoms with E-state index in [-0.39, 0.29) is 5.57 Å². The first-order valence-electron chi connectivity index (χ1n) is 7.59. The number of allylic oxidation sites excluding steroid dienone is 1. The van der Waals surface area contributed by atoms with E-state index in [1.165, 1.54) is 0 Å². The SMILES string of the molecule is Cc1cc(C=C(C#N)C#N)c(-c2ccccc2)n1-c1ccccc1. The largest absolute Gasteiger partial charge is 0.313 e. The van der Waals surface area contributed by atoms with Gasteiger partial charge in [-0.25, -0.2) is 0 Å². The zero-order chi connectivity index (χ0) is 16.9. The van der Waals surface area contributed by atoms with E-state index in [1.54, 1.807) is 6.08 Å². The topological polar surface area (TPSA) is 52.5 Å². The van der Waals surface area contributed by atoms with Gasteiger partial charge >= 0.3 is 0 Å². The maximum absolute atomic E-state index is 9.09. The van der Waals surface area contributed by atoms with Gasteiger partial charge in [0, 0.05) is 16.9 Å². The summed E-state index contributed by atoms with van der Waals surface area (Å²) in [6.07, 6.45) is 1.65. The maximum atomic E-state index is 9.09. The normalized spacial score (nSPS) is 9.79. The molecule has 0 saturated heterocycles. The molecule has 3 nitrogen and oxygen atoms in total. The van der Waals surface area contributed by atoms with Crippen LogP contribution in [0.5, 0.6) is 0 Å². The minimum absolute atomic E-state index is 0.0948. The van der Waals surface area contributed by atoms with Gasteiger partial charge in [0.25, 0.3) is 0 Å². The lowest BCUT2D eigenvalue weighted by Crippen LogP contribution is -1.99. The Morgan fingerprint density at radius 1 is 0.917 bits per heavy atom. The first-order chi connectivity index (χ1) is 11.7. The van der Waals surface area contributed by atoms with E-state index >= 15 is 0 Å². The quantitative estimate of drug-likeness (QED) is 0.647. The Bertz CT molecular complexity index is 950. The molecule has 3 rings (SSSR count). The van der Waals surface area contributed by atoms with E-state index in [2.05, 4.69) is 4.57 Å². The van der Waals surface area contributed by atoms with Crippen LogP contribution >= 0.6 is 0 Å². The second-order valence-corrected chi connectivity index (χ2v) is 5.41. The van der Waals surface area contributed by atoms with E-state index in [9.17, 15) is 0 Å². The number of aryl methyl sites for hydroxylation is 1. The summed E-state index contributed by atoms with van der Waals surface area (Å²) in [6.45, 7) is 2.02. The average molecular weight is 309 g/mol. The standard InChI is InChI=1S/C21H15N3/c1-16-12-19(13-17(14-22)15-23)21(18-8-4-2-5-9-18)24(16)20-10-6-3-7-11-20/h2-13H,1H3. The van der Waals surface area contributed by atoms with Crippen molar-refractivity contribution in [2.75, 3.05) is 0 Å². The zero-order valence-corrected chi connectivity index (χ0v) is 13.3. The van der Waals surface area contributed by atoms with Crippen molar-refractivity contribution in [2.24, 2.45) is 0 Å². The molecule has 0 N–H and O–H groups in total. The fourth-order valence-corrected chi connectivity index (χ4v) is 2.82. The minimum Gasteiger partial charge on any atom is -0.313 e. The molecule has 0 spiro atoms. The van der Waals surface area contributed by atoms with Crippen molar-refractivity contribution in [1.29, 1.82) is 10.5 Å². The molecular weight excluding hydrogens is 294 g/mol. The predicted molar refractivity (Wildman–Crippen MR) is 95.1 cm³/mol. The number of rotatable bonds is 3. The average Bonchev–Trinajstić information content (AvgIpc) is 2.97. The van der Waals surface area contributed by atoms with Crippen LogP contribution in [0, 0.1) is 29.6 Å². The van der Waals surface area contributed by atoms with Gasteiger partial charge in [-0.05, 0) is 36.8 Å². The van der Waals surface area contributed by atoms with Gasteiger partial charge in [-0.1, -0.05) is 48.5 Å². The molecule has 0 unspecified atom stereocenters. The highest BCUT2D eigenvalue weighted by Crippen LogP contribution is 2.32. The van der Waals surface area contributed by atoms with Gasteiger partial charge in [0.15, 0.2) is 0 Å². The van der Waals surface area contributed by atoms with Gasteiger partial charge in [-0.15, -0.1) is 0 Å². The summed E-state index contributed by atoms with van der Waals surface area (Å²) in [4.78, 5) is 0. The van der Waals surface area contributed by atoms with E-state index in [4.69, 9.17) is 10.5 Å². The first-order valence-corrected chi connectivity index (χ1v) is 7.59. The van der Waals surface area contributed by atoms with Crippen molar-refractivity contribution < 1.29 is 0 Å². The van der Waals surface area contributed by atoms with Gasteiger partial charge in [-0.2, -0.15) is 10.5 Å². The lowest BCUT2D eigenvalue weighted by Gasteiger charge is -2.13. The van der Waals surface area contributed by atoms with Crippen molar-refractivity contribution in [1.82, 2.24) is 4.57 Å². The molecule has 0 atom stereocenters. The van der Waals surface area contributed by atoms with Crippen LogP contribution in [0.15, 0.2) is 72.3 Å². The van der Waals surface area contributed by atoms with Gasteiger partial charge in [0.05, 0.1) is 5.69 Å². The van der Waals surface area contributed by atoms with Gasteiger partial charge in [0.1, 0.15) is 17.7 Å². The third kappa shape index (κ3) is 2.84. The first kappa shape index (κ1) is 15.3. The van der Waals surface area contributed by atoms with Crippen molar-refractivity contribution in [2.45, 2.75) is 6.92 Å². The fourth-order valence-electron chi connectivity index (χ4n) is 2.82. The van der Waals surface area contributed by atoms with Crippen LogP contribution in [0.1, 0.15) is 11.3 Å². The molecule has 1 aromatic heterocycles. The Hall–Kier alpha value is -3.56. The summed E-state index contributed by atoms with van der Waals surface area (Å²) in [5.41, 5.74) is 5.06. The molecular formula is C21H15N3. The molecule has 1 heterocycles. The lowest BCUT2D eigenvalue weighted by atomic mass is 10.1. The number of nitrogens with zero attached hydrogens (tertiary/aromatic N) is 3. The Kier molecular flexibility index (Phi) is 4.27. The van der Waals surface area contributed by atoms with Crippen LogP contribution in [0.2, 0.25) is 0 Å². The molecule has 0 bridgehead atoms. The van der Waals surface area contributed by atoms with Gasteiger partial charge in [0.2, 0.25) is 0 Å². The van der Waals surface area contributed by atoms with Crippen LogP contribution in [-0.2, 0) is 0 Å². The van der Waals surface area contributed by atoms with Crippen molar-refractivity contribution in [3.8, 4) is 29.1 Å². The van der Waals surface area contributed by atoms with Crippen LogP contribution < -0.4 is 0 Å². The maximum Gasteiger partial charge on any atom is 0.130 e. The summed E-state index contributed by atoms with van der Waals surface area (Å²) in [6, 6.07) is 25.9. The highest BCUT2D eigenvalue weighted by molar-refractivity contribution is 5.78. The third-order valence-corrected chi connectivity index (χ3v) is 3.82. The highest BCUT2D eigenvalue weighted by atomic mass is 15.0. The molecule has 3 aromatic rings. The van der Waals surface area contributed by atoms with Crippen LogP contribution in [0.3, 0.4) is 0 Å². The van der Waals surface area contributed by atoms with Crippen LogP contribution in [0.4, 0.5) is 0 Å². The monoisotopic (exact) mass is 309 g/mol. The Balaban J connectivity index is 2.32. The molecule has 0 radical (unpaired) electrons. The molecule has 3 heteroatoms. The number of benzene rings is 2. The van der Waals surface area contributed by atoms with E-state index in [0.717, 1.165) is 28.2 Å². The fraction of sp³-hybridized carbons (Fsp3) is 0.0476. The smallest absolute Gasteiger partial charge is 0.130 e. The Labute approximate surface area is 141 Å². The van der Waals surface area contributed by atoms with Gasteiger partial charge in [-0.3, -0.25) is 0 Å². The van der Waals surface area contributed by atoms with Crippen LogP contribution in [-0.4, -0.2) is 4.57 Å². The number of aromatic nitrogens is 1. The molecule has 0 aliphatic heterocycles. The van der Waals surface area contributed by atoms with Crippen molar-refractivity contribution in [3.05, 3.63) is 83.6 Å². The molecule has 0 saturated carbocycles. The van der Waals surface area contributed by atoms with Crippen molar-refractivity contribution in [3.63, 3.8) is 0 Å². The summed E-state index contributed by atoms with van der Waals surface area (Å²) in [7, 11) is 0.